The Labute approximate surface area is 167 Å². The van der Waals surface area contributed by atoms with Crippen LogP contribution in [-0.2, 0) is 22.7 Å². The van der Waals surface area contributed by atoms with Crippen LogP contribution in [0.2, 0.25) is 0 Å². The molecule has 29 heavy (non-hydrogen) atoms. The zero-order valence-electron chi connectivity index (χ0n) is 15.5. The Bertz CT molecular complexity index is 939. The number of hydrogen-bond donors (Lipinski definition) is 0. The Morgan fingerprint density at radius 3 is 1.97 bits per heavy atom. The van der Waals surface area contributed by atoms with Crippen molar-refractivity contribution >= 4 is 11.7 Å². The van der Waals surface area contributed by atoms with E-state index in [0.717, 1.165) is 5.56 Å². The summed E-state index contributed by atoms with van der Waals surface area (Å²) in [5, 5.41) is 10.6. The molecule has 0 aromatic heterocycles. The molecule has 0 unspecified atom stereocenters. The van der Waals surface area contributed by atoms with Gasteiger partial charge >= 0.3 is 5.97 Å². The van der Waals surface area contributed by atoms with Gasteiger partial charge in [0.05, 0.1) is 4.92 Å². The van der Waals surface area contributed by atoms with Crippen molar-refractivity contribution in [2.75, 3.05) is 6.61 Å². The van der Waals surface area contributed by atoms with Crippen molar-refractivity contribution in [2.45, 2.75) is 13.2 Å². The fourth-order valence-corrected chi connectivity index (χ4v) is 2.43. The summed E-state index contributed by atoms with van der Waals surface area (Å²) in [6.07, 6.45) is 0. The highest BCUT2D eigenvalue weighted by molar-refractivity contribution is 5.71. The summed E-state index contributed by atoms with van der Waals surface area (Å²) in [4.78, 5) is 21.9. The average molecular weight is 393 g/mol. The fraction of sp³-hybridized carbons (Fsp3) is 0.136. The number of non-ortho nitro benzene ring substituents is 1. The Kier molecular flexibility index (Phi) is 6.78. The third kappa shape index (κ3) is 6.35. The smallest absolute Gasteiger partial charge is 0.344 e. The van der Waals surface area contributed by atoms with Crippen LogP contribution in [0.3, 0.4) is 0 Å². The van der Waals surface area contributed by atoms with Crippen LogP contribution in [0.1, 0.15) is 11.1 Å². The second kappa shape index (κ2) is 9.89. The molecule has 0 amide bonds. The third-order valence-electron chi connectivity index (χ3n) is 3.98. The first-order valence-corrected chi connectivity index (χ1v) is 8.89. The maximum absolute atomic E-state index is 11.8. The first kappa shape index (κ1) is 19.9. The molecule has 0 aliphatic heterocycles. The van der Waals surface area contributed by atoms with Crippen molar-refractivity contribution in [3.05, 3.63) is 100 Å². The lowest BCUT2D eigenvalue weighted by atomic mass is 10.2. The van der Waals surface area contributed by atoms with Crippen LogP contribution >= 0.6 is 0 Å². The molecule has 0 fully saturated rings. The molecule has 0 saturated heterocycles. The van der Waals surface area contributed by atoms with E-state index in [1.54, 1.807) is 36.4 Å². The SMILES string of the molecule is O=C(COc1ccc(OCc2ccccc2)cc1)OCc1ccc([N+](=O)[O-])cc1. The first-order valence-electron chi connectivity index (χ1n) is 8.89. The molecular formula is C22H19NO6. The van der Waals surface area contributed by atoms with Gasteiger partial charge in [-0.05, 0) is 47.5 Å². The molecule has 0 spiro atoms. The summed E-state index contributed by atoms with van der Waals surface area (Å²) in [6, 6.07) is 22.6. The van der Waals surface area contributed by atoms with Crippen LogP contribution < -0.4 is 9.47 Å². The number of hydrogen-bond acceptors (Lipinski definition) is 6. The molecular weight excluding hydrogens is 374 g/mol. The summed E-state index contributed by atoms with van der Waals surface area (Å²) >= 11 is 0. The van der Waals surface area contributed by atoms with Crippen molar-refractivity contribution in [1.82, 2.24) is 0 Å². The van der Waals surface area contributed by atoms with E-state index in [-0.39, 0.29) is 18.9 Å². The lowest BCUT2D eigenvalue weighted by molar-refractivity contribution is -0.384. The van der Waals surface area contributed by atoms with Crippen molar-refractivity contribution in [1.29, 1.82) is 0 Å². The summed E-state index contributed by atoms with van der Waals surface area (Å²) < 4.78 is 16.2. The molecule has 7 heteroatoms. The van der Waals surface area contributed by atoms with E-state index >= 15 is 0 Å². The number of carbonyl (C=O) groups excluding carboxylic acids is 1. The van der Waals surface area contributed by atoms with E-state index in [0.29, 0.717) is 23.7 Å². The molecule has 0 saturated carbocycles. The average Bonchev–Trinajstić information content (AvgIpc) is 2.76. The molecule has 0 aliphatic carbocycles. The number of rotatable bonds is 9. The highest BCUT2D eigenvalue weighted by Crippen LogP contribution is 2.19. The van der Waals surface area contributed by atoms with E-state index in [9.17, 15) is 14.9 Å². The lowest BCUT2D eigenvalue weighted by Gasteiger charge is -2.09. The minimum Gasteiger partial charge on any atom is -0.489 e. The predicted molar refractivity (Wildman–Crippen MR) is 106 cm³/mol. The van der Waals surface area contributed by atoms with E-state index in [2.05, 4.69) is 0 Å². The van der Waals surface area contributed by atoms with E-state index in [1.807, 2.05) is 30.3 Å². The summed E-state index contributed by atoms with van der Waals surface area (Å²) in [7, 11) is 0. The second-order valence-corrected chi connectivity index (χ2v) is 6.12. The minimum absolute atomic E-state index is 0.0143. The molecule has 0 atom stereocenters. The van der Waals surface area contributed by atoms with Gasteiger partial charge in [0.25, 0.3) is 5.69 Å². The van der Waals surface area contributed by atoms with E-state index in [1.165, 1.54) is 12.1 Å². The molecule has 148 valence electrons. The lowest BCUT2D eigenvalue weighted by Crippen LogP contribution is -2.14. The predicted octanol–water partition coefficient (Wildman–Crippen LogP) is 4.30. The van der Waals surface area contributed by atoms with E-state index in [4.69, 9.17) is 14.2 Å². The number of benzene rings is 3. The van der Waals surface area contributed by atoms with Gasteiger partial charge in [0.1, 0.15) is 24.7 Å². The van der Waals surface area contributed by atoms with Crippen LogP contribution in [-0.4, -0.2) is 17.5 Å². The normalized spacial score (nSPS) is 10.2. The number of nitrogens with zero attached hydrogens (tertiary/aromatic N) is 1. The van der Waals surface area contributed by atoms with Gasteiger partial charge < -0.3 is 14.2 Å². The number of esters is 1. The van der Waals surface area contributed by atoms with Gasteiger partial charge in [-0.3, -0.25) is 10.1 Å². The van der Waals surface area contributed by atoms with Crippen molar-refractivity contribution in [3.8, 4) is 11.5 Å². The topological polar surface area (TPSA) is 87.9 Å². The van der Waals surface area contributed by atoms with Gasteiger partial charge in [0.15, 0.2) is 6.61 Å². The van der Waals surface area contributed by atoms with Crippen molar-refractivity contribution in [2.24, 2.45) is 0 Å². The van der Waals surface area contributed by atoms with Crippen molar-refractivity contribution < 1.29 is 23.9 Å². The second-order valence-electron chi connectivity index (χ2n) is 6.12. The van der Waals surface area contributed by atoms with Gasteiger partial charge in [-0.1, -0.05) is 30.3 Å². The zero-order chi connectivity index (χ0) is 20.5. The first-order chi connectivity index (χ1) is 14.1. The highest BCUT2D eigenvalue weighted by Gasteiger charge is 2.08. The summed E-state index contributed by atoms with van der Waals surface area (Å²) in [5.41, 5.74) is 1.71. The van der Waals surface area contributed by atoms with Crippen LogP contribution in [0.4, 0.5) is 5.69 Å². The maximum atomic E-state index is 11.8. The van der Waals surface area contributed by atoms with Crippen LogP contribution in [0.5, 0.6) is 11.5 Å². The molecule has 0 N–H and O–H groups in total. The Morgan fingerprint density at radius 1 is 0.759 bits per heavy atom. The van der Waals surface area contributed by atoms with Crippen LogP contribution in [0.15, 0.2) is 78.9 Å². The molecule has 7 nitrogen and oxygen atoms in total. The minimum atomic E-state index is -0.534. The number of nitro groups is 1. The van der Waals surface area contributed by atoms with Gasteiger partial charge in [0, 0.05) is 12.1 Å². The summed E-state index contributed by atoms with van der Waals surface area (Å²) in [5.74, 6) is 0.680. The van der Waals surface area contributed by atoms with Gasteiger partial charge in [-0.2, -0.15) is 0 Å². The molecule has 3 aromatic carbocycles. The maximum Gasteiger partial charge on any atom is 0.344 e. The largest absolute Gasteiger partial charge is 0.489 e. The number of carbonyl (C=O) groups is 1. The molecule has 0 bridgehead atoms. The molecule has 0 heterocycles. The molecule has 3 aromatic rings. The molecule has 0 aliphatic rings. The Hall–Kier alpha value is -3.87. The van der Waals surface area contributed by atoms with Gasteiger partial charge in [-0.25, -0.2) is 4.79 Å². The molecule has 3 rings (SSSR count). The Balaban J connectivity index is 1.40. The standard InChI is InChI=1S/C22H19NO6/c24-22(29-15-18-6-8-19(9-7-18)23(25)26)16-28-21-12-10-20(11-13-21)27-14-17-4-2-1-3-5-17/h1-13H,14-16H2. The number of ether oxygens (including phenoxy) is 3. The quantitative estimate of drug-likeness (QED) is 0.306. The van der Waals surface area contributed by atoms with E-state index < -0.39 is 10.9 Å². The fourth-order valence-electron chi connectivity index (χ4n) is 2.43. The zero-order valence-corrected chi connectivity index (χ0v) is 15.5. The van der Waals surface area contributed by atoms with Gasteiger partial charge in [0.2, 0.25) is 0 Å². The molecule has 0 radical (unpaired) electrons. The van der Waals surface area contributed by atoms with Crippen LogP contribution in [0.25, 0.3) is 0 Å². The number of nitro benzene ring substituents is 1. The Morgan fingerprint density at radius 2 is 1.34 bits per heavy atom. The monoisotopic (exact) mass is 393 g/mol. The van der Waals surface area contributed by atoms with Crippen molar-refractivity contribution in [3.63, 3.8) is 0 Å². The van der Waals surface area contributed by atoms with Crippen LogP contribution in [0, 0.1) is 10.1 Å². The summed E-state index contributed by atoms with van der Waals surface area (Å²) in [6.45, 7) is 0.250. The third-order valence-corrected chi connectivity index (χ3v) is 3.98. The van der Waals surface area contributed by atoms with Gasteiger partial charge in [-0.15, -0.1) is 0 Å². The highest BCUT2D eigenvalue weighted by atomic mass is 16.6.